The highest BCUT2D eigenvalue weighted by molar-refractivity contribution is 5.92. The molecule has 2 rings (SSSR count). The third kappa shape index (κ3) is 5.48. The number of para-hydroxylation sites is 2. The Hall–Kier alpha value is -1.88. The highest BCUT2D eigenvalue weighted by atomic mass is 79.9. The SMILES string of the molecule is CCOc1ccccc1NC(=O)CC[n+]1ccc(C)cc1.[Br-]. The molecule has 5 heteroatoms. The molecule has 0 aliphatic heterocycles. The average Bonchev–Trinajstić information content (AvgIpc) is 2.49. The van der Waals surface area contributed by atoms with Crippen LogP contribution < -0.4 is 31.6 Å². The van der Waals surface area contributed by atoms with Gasteiger partial charge in [-0.2, -0.15) is 0 Å². The number of hydrogen-bond acceptors (Lipinski definition) is 2. The Morgan fingerprint density at radius 1 is 1.18 bits per heavy atom. The fourth-order valence-corrected chi connectivity index (χ4v) is 1.98. The van der Waals surface area contributed by atoms with Crippen molar-refractivity contribution in [2.75, 3.05) is 11.9 Å². The van der Waals surface area contributed by atoms with Gasteiger partial charge in [-0.15, -0.1) is 0 Å². The first-order chi connectivity index (χ1) is 10.2. The number of pyridine rings is 1. The van der Waals surface area contributed by atoms with Gasteiger partial charge in [0.15, 0.2) is 18.9 Å². The fourth-order valence-electron chi connectivity index (χ4n) is 1.98. The van der Waals surface area contributed by atoms with E-state index >= 15 is 0 Å². The van der Waals surface area contributed by atoms with E-state index in [4.69, 9.17) is 4.74 Å². The maximum atomic E-state index is 12.0. The number of carbonyl (C=O) groups is 1. The lowest BCUT2D eigenvalue weighted by molar-refractivity contribution is -0.695. The lowest BCUT2D eigenvalue weighted by Gasteiger charge is -2.10. The second-order valence-corrected chi connectivity index (χ2v) is 4.84. The first-order valence-corrected chi connectivity index (χ1v) is 7.16. The van der Waals surface area contributed by atoms with Crippen molar-refractivity contribution in [1.82, 2.24) is 0 Å². The average molecular weight is 365 g/mol. The van der Waals surface area contributed by atoms with Gasteiger partial charge in [-0.3, -0.25) is 4.79 Å². The molecular weight excluding hydrogens is 344 g/mol. The molecule has 1 aromatic heterocycles. The van der Waals surface area contributed by atoms with Crippen molar-refractivity contribution >= 4 is 11.6 Å². The standard InChI is InChI=1S/C17H20N2O2.BrH/c1-3-21-16-7-5-4-6-15(16)18-17(20)10-13-19-11-8-14(2)9-12-19;/h4-9,11-12H,3,10,13H2,1-2H3;1H. The van der Waals surface area contributed by atoms with Crippen LogP contribution in [0.3, 0.4) is 0 Å². The molecule has 1 amide bonds. The van der Waals surface area contributed by atoms with Crippen molar-refractivity contribution in [3.05, 3.63) is 54.4 Å². The summed E-state index contributed by atoms with van der Waals surface area (Å²) in [5.74, 6) is 0.687. The van der Waals surface area contributed by atoms with Crippen LogP contribution >= 0.6 is 0 Å². The number of hydrogen-bond donors (Lipinski definition) is 1. The predicted octanol–water partition coefficient (Wildman–Crippen LogP) is -0.286. The van der Waals surface area contributed by atoms with Gasteiger partial charge >= 0.3 is 0 Å². The van der Waals surface area contributed by atoms with Crippen molar-refractivity contribution < 1.29 is 31.1 Å². The number of amides is 1. The summed E-state index contributed by atoms with van der Waals surface area (Å²) in [6, 6.07) is 11.5. The lowest BCUT2D eigenvalue weighted by Crippen LogP contribution is -3.00. The Kier molecular flexibility index (Phi) is 7.60. The van der Waals surface area contributed by atoms with Crippen LogP contribution in [-0.2, 0) is 11.3 Å². The largest absolute Gasteiger partial charge is 1.00 e. The molecular formula is C17H21BrN2O2. The highest BCUT2D eigenvalue weighted by Gasteiger charge is 2.09. The second kappa shape index (κ2) is 9.20. The van der Waals surface area contributed by atoms with E-state index in [0.717, 1.165) is 5.69 Å². The summed E-state index contributed by atoms with van der Waals surface area (Å²) < 4.78 is 7.49. The number of anilines is 1. The lowest BCUT2D eigenvalue weighted by atomic mass is 10.2. The number of ether oxygens (including phenoxy) is 1. The Balaban J connectivity index is 0.00000242. The molecule has 0 saturated carbocycles. The molecule has 118 valence electrons. The molecule has 1 N–H and O–H groups in total. The van der Waals surface area contributed by atoms with E-state index in [-0.39, 0.29) is 22.9 Å². The summed E-state index contributed by atoms with van der Waals surface area (Å²) in [5.41, 5.74) is 1.93. The van der Waals surface area contributed by atoms with E-state index in [9.17, 15) is 4.79 Å². The van der Waals surface area contributed by atoms with Gasteiger partial charge in [0.25, 0.3) is 0 Å². The first-order valence-electron chi connectivity index (χ1n) is 7.16. The van der Waals surface area contributed by atoms with Crippen molar-refractivity contribution in [2.24, 2.45) is 0 Å². The Morgan fingerprint density at radius 3 is 2.55 bits per heavy atom. The third-order valence-corrected chi connectivity index (χ3v) is 3.12. The zero-order valence-corrected chi connectivity index (χ0v) is 14.5. The molecule has 0 unspecified atom stereocenters. The van der Waals surface area contributed by atoms with Crippen LogP contribution in [0, 0.1) is 6.92 Å². The molecule has 0 atom stereocenters. The molecule has 1 aromatic carbocycles. The van der Waals surface area contributed by atoms with Crippen LogP contribution in [0.5, 0.6) is 5.75 Å². The van der Waals surface area contributed by atoms with E-state index in [2.05, 4.69) is 5.32 Å². The van der Waals surface area contributed by atoms with Gasteiger partial charge in [0.05, 0.1) is 18.7 Å². The van der Waals surface area contributed by atoms with Gasteiger partial charge < -0.3 is 27.0 Å². The van der Waals surface area contributed by atoms with Crippen LogP contribution in [0.4, 0.5) is 5.69 Å². The van der Waals surface area contributed by atoms with Crippen molar-refractivity contribution in [3.8, 4) is 5.75 Å². The van der Waals surface area contributed by atoms with Gasteiger partial charge in [-0.1, -0.05) is 12.1 Å². The summed E-state index contributed by atoms with van der Waals surface area (Å²) in [6.45, 7) is 5.20. The maximum Gasteiger partial charge on any atom is 0.230 e. The quantitative estimate of drug-likeness (QED) is 0.716. The van der Waals surface area contributed by atoms with Crippen LogP contribution in [-0.4, -0.2) is 12.5 Å². The number of benzene rings is 1. The zero-order chi connectivity index (χ0) is 15.1. The number of aryl methyl sites for hydroxylation is 2. The highest BCUT2D eigenvalue weighted by Crippen LogP contribution is 2.23. The number of carbonyl (C=O) groups excluding carboxylic acids is 1. The van der Waals surface area contributed by atoms with Crippen LogP contribution in [0.15, 0.2) is 48.8 Å². The minimum Gasteiger partial charge on any atom is -1.00 e. The molecule has 1 heterocycles. The summed E-state index contributed by atoms with van der Waals surface area (Å²) in [4.78, 5) is 12.0. The number of aromatic nitrogens is 1. The number of nitrogens with zero attached hydrogens (tertiary/aromatic N) is 1. The number of rotatable bonds is 6. The zero-order valence-electron chi connectivity index (χ0n) is 12.9. The molecule has 0 spiro atoms. The molecule has 4 nitrogen and oxygen atoms in total. The van der Waals surface area contributed by atoms with Gasteiger partial charge in [0.2, 0.25) is 5.91 Å². The van der Waals surface area contributed by atoms with E-state index in [1.807, 2.05) is 67.2 Å². The number of halogens is 1. The summed E-state index contributed by atoms with van der Waals surface area (Å²) in [7, 11) is 0. The van der Waals surface area contributed by atoms with Crippen molar-refractivity contribution in [3.63, 3.8) is 0 Å². The Bertz CT molecular complexity index is 600. The summed E-state index contributed by atoms with van der Waals surface area (Å²) >= 11 is 0. The van der Waals surface area contributed by atoms with Crippen molar-refractivity contribution in [2.45, 2.75) is 26.8 Å². The molecule has 0 radical (unpaired) electrons. The van der Waals surface area contributed by atoms with Gasteiger partial charge in [-0.05, 0) is 31.5 Å². The summed E-state index contributed by atoms with van der Waals surface area (Å²) in [5, 5.41) is 2.90. The van der Waals surface area contributed by atoms with E-state index in [1.165, 1.54) is 5.56 Å². The van der Waals surface area contributed by atoms with Gasteiger partial charge in [0, 0.05) is 12.1 Å². The topological polar surface area (TPSA) is 42.2 Å². The smallest absolute Gasteiger partial charge is 0.230 e. The minimum atomic E-state index is -0.0183. The predicted molar refractivity (Wildman–Crippen MR) is 82.2 cm³/mol. The van der Waals surface area contributed by atoms with E-state index in [0.29, 0.717) is 25.3 Å². The van der Waals surface area contributed by atoms with Crippen LogP contribution in [0.1, 0.15) is 18.9 Å². The second-order valence-electron chi connectivity index (χ2n) is 4.84. The van der Waals surface area contributed by atoms with E-state index < -0.39 is 0 Å². The normalized spacial score (nSPS) is 9.73. The first kappa shape index (κ1) is 18.2. The summed E-state index contributed by atoms with van der Waals surface area (Å²) in [6.07, 6.45) is 4.39. The molecule has 0 aliphatic carbocycles. The molecule has 0 saturated heterocycles. The number of nitrogens with one attached hydrogen (secondary N) is 1. The van der Waals surface area contributed by atoms with Crippen molar-refractivity contribution in [1.29, 1.82) is 0 Å². The van der Waals surface area contributed by atoms with E-state index in [1.54, 1.807) is 0 Å². The Labute approximate surface area is 141 Å². The molecule has 0 fully saturated rings. The fraction of sp³-hybridized carbons (Fsp3) is 0.294. The van der Waals surface area contributed by atoms with Crippen LogP contribution in [0.2, 0.25) is 0 Å². The molecule has 22 heavy (non-hydrogen) atoms. The Morgan fingerprint density at radius 2 is 1.86 bits per heavy atom. The molecule has 2 aromatic rings. The minimum absolute atomic E-state index is 0. The molecule has 0 bridgehead atoms. The van der Waals surface area contributed by atoms with Gasteiger partial charge in [0.1, 0.15) is 5.75 Å². The van der Waals surface area contributed by atoms with Crippen LogP contribution in [0.25, 0.3) is 0 Å². The third-order valence-electron chi connectivity index (χ3n) is 3.12. The van der Waals surface area contributed by atoms with Gasteiger partial charge in [-0.25, -0.2) is 4.57 Å². The molecule has 0 aliphatic rings. The monoisotopic (exact) mass is 364 g/mol. The maximum absolute atomic E-state index is 12.0.